The van der Waals surface area contributed by atoms with Gasteiger partial charge in [0.15, 0.2) is 5.13 Å². The summed E-state index contributed by atoms with van der Waals surface area (Å²) in [6.07, 6.45) is 0.128. The van der Waals surface area contributed by atoms with E-state index < -0.39 is 5.41 Å². The van der Waals surface area contributed by atoms with Gasteiger partial charge in [-0.05, 0) is 17.7 Å². The van der Waals surface area contributed by atoms with Gasteiger partial charge in [0.05, 0.1) is 12.1 Å². The van der Waals surface area contributed by atoms with Gasteiger partial charge in [-0.2, -0.15) is 0 Å². The molecule has 7 heteroatoms. The Hall–Kier alpha value is -2.28. The number of carbonyl (C=O) groups is 2. The van der Waals surface area contributed by atoms with Gasteiger partial charge in [0.2, 0.25) is 11.8 Å². The number of thiazole rings is 1. The number of rotatable bonds is 5. The molecule has 5 nitrogen and oxygen atoms in total. The minimum atomic E-state index is -0.502. The lowest BCUT2D eigenvalue weighted by Crippen LogP contribution is -2.27. The molecule has 0 fully saturated rings. The van der Waals surface area contributed by atoms with Crippen LogP contribution in [0.5, 0.6) is 0 Å². The molecule has 1 aromatic heterocycles. The molecule has 1 heterocycles. The number of nitrogens with zero attached hydrogens (tertiary/aromatic N) is 1. The van der Waals surface area contributed by atoms with Crippen LogP contribution in [0.3, 0.4) is 0 Å². The van der Waals surface area contributed by atoms with Gasteiger partial charge < -0.3 is 10.6 Å². The second kappa shape index (κ2) is 7.53. The first-order valence-electron chi connectivity index (χ1n) is 7.51. The highest BCUT2D eigenvalue weighted by molar-refractivity contribution is 7.13. The van der Waals surface area contributed by atoms with Crippen molar-refractivity contribution in [2.24, 2.45) is 5.41 Å². The largest absolute Gasteiger partial charge is 0.352 e. The van der Waals surface area contributed by atoms with E-state index in [1.54, 1.807) is 17.5 Å². The first-order chi connectivity index (χ1) is 11.2. The van der Waals surface area contributed by atoms with E-state index in [9.17, 15) is 14.0 Å². The van der Waals surface area contributed by atoms with E-state index in [1.807, 2.05) is 20.8 Å². The Morgan fingerprint density at radius 1 is 1.21 bits per heavy atom. The Morgan fingerprint density at radius 2 is 1.88 bits per heavy atom. The zero-order chi connectivity index (χ0) is 17.7. The van der Waals surface area contributed by atoms with E-state index in [2.05, 4.69) is 15.6 Å². The van der Waals surface area contributed by atoms with Gasteiger partial charge in [0.1, 0.15) is 5.82 Å². The van der Waals surface area contributed by atoms with Gasteiger partial charge in [-0.15, -0.1) is 11.3 Å². The number of amides is 2. The van der Waals surface area contributed by atoms with E-state index in [-0.39, 0.29) is 24.1 Å². The molecule has 2 amide bonds. The summed E-state index contributed by atoms with van der Waals surface area (Å²) in [5, 5.41) is 7.73. The fraction of sp³-hybridized carbons (Fsp3) is 0.353. The third-order valence-electron chi connectivity index (χ3n) is 3.20. The van der Waals surface area contributed by atoms with Crippen LogP contribution in [0, 0.1) is 11.2 Å². The van der Waals surface area contributed by atoms with E-state index in [1.165, 1.54) is 23.5 Å². The monoisotopic (exact) mass is 349 g/mol. The van der Waals surface area contributed by atoms with Crippen molar-refractivity contribution in [3.8, 4) is 0 Å². The molecule has 0 bridgehead atoms. The number of carbonyl (C=O) groups excluding carboxylic acids is 2. The highest BCUT2D eigenvalue weighted by Crippen LogP contribution is 2.20. The van der Waals surface area contributed by atoms with Gasteiger partial charge in [-0.25, -0.2) is 9.37 Å². The lowest BCUT2D eigenvalue weighted by atomic mass is 9.96. The predicted octanol–water partition coefficient (Wildman–Crippen LogP) is 3.13. The molecular formula is C17H20FN3O2S. The molecule has 0 atom stereocenters. The van der Waals surface area contributed by atoms with Crippen molar-refractivity contribution in [3.05, 3.63) is 46.7 Å². The fourth-order valence-electron chi connectivity index (χ4n) is 1.76. The molecule has 1 aromatic carbocycles. The molecule has 0 saturated carbocycles. The van der Waals surface area contributed by atoms with Gasteiger partial charge >= 0.3 is 0 Å². The minimum Gasteiger partial charge on any atom is -0.352 e. The molecule has 0 aliphatic carbocycles. The van der Waals surface area contributed by atoms with E-state index >= 15 is 0 Å². The minimum absolute atomic E-state index is 0.121. The van der Waals surface area contributed by atoms with Crippen LogP contribution in [0.25, 0.3) is 0 Å². The molecular weight excluding hydrogens is 329 g/mol. The zero-order valence-corrected chi connectivity index (χ0v) is 14.7. The SMILES string of the molecule is CC(C)(C)C(=O)Nc1nc(CC(=O)NCc2ccc(F)cc2)cs1. The third kappa shape index (κ3) is 5.42. The van der Waals surface area contributed by atoms with Crippen LogP contribution < -0.4 is 10.6 Å². The van der Waals surface area contributed by atoms with Crippen LogP contribution in [0.1, 0.15) is 32.0 Å². The molecule has 0 aliphatic rings. The van der Waals surface area contributed by atoms with E-state index in [0.717, 1.165) is 5.56 Å². The van der Waals surface area contributed by atoms with Crippen molar-refractivity contribution in [1.29, 1.82) is 0 Å². The first-order valence-corrected chi connectivity index (χ1v) is 8.39. The number of hydrogen-bond donors (Lipinski definition) is 2. The molecule has 0 radical (unpaired) electrons. The van der Waals surface area contributed by atoms with Crippen LogP contribution in [-0.4, -0.2) is 16.8 Å². The quantitative estimate of drug-likeness (QED) is 0.871. The van der Waals surface area contributed by atoms with Crippen LogP contribution in [-0.2, 0) is 22.6 Å². The smallest absolute Gasteiger partial charge is 0.231 e. The molecule has 0 spiro atoms. The number of aromatic nitrogens is 1. The first kappa shape index (κ1) is 18.1. The fourth-order valence-corrected chi connectivity index (χ4v) is 2.47. The van der Waals surface area contributed by atoms with Crippen molar-refractivity contribution >= 4 is 28.3 Å². The molecule has 0 aliphatic heterocycles. The Morgan fingerprint density at radius 3 is 2.50 bits per heavy atom. The summed E-state index contributed by atoms with van der Waals surface area (Å²) < 4.78 is 12.8. The van der Waals surface area contributed by atoms with Crippen LogP contribution in [0.4, 0.5) is 9.52 Å². The number of benzene rings is 1. The molecule has 0 saturated heterocycles. The van der Waals surface area contributed by atoms with Crippen molar-refractivity contribution in [1.82, 2.24) is 10.3 Å². The Kier molecular flexibility index (Phi) is 5.66. The average molecular weight is 349 g/mol. The highest BCUT2D eigenvalue weighted by Gasteiger charge is 2.22. The van der Waals surface area contributed by atoms with Crippen molar-refractivity contribution in [2.45, 2.75) is 33.7 Å². The maximum Gasteiger partial charge on any atom is 0.231 e. The summed E-state index contributed by atoms with van der Waals surface area (Å²) in [6.45, 7) is 5.79. The second-order valence-corrected chi connectivity index (χ2v) is 7.29. The molecule has 2 rings (SSSR count). The Balaban J connectivity index is 1.84. The second-order valence-electron chi connectivity index (χ2n) is 6.43. The average Bonchev–Trinajstić information content (AvgIpc) is 2.92. The number of anilines is 1. The molecule has 2 N–H and O–H groups in total. The summed E-state index contributed by atoms with van der Waals surface area (Å²) in [7, 11) is 0. The van der Waals surface area contributed by atoms with Gasteiger partial charge in [-0.3, -0.25) is 9.59 Å². The standard InChI is InChI=1S/C17H20FN3O2S/c1-17(2,3)15(23)21-16-20-13(10-24-16)8-14(22)19-9-11-4-6-12(18)7-5-11/h4-7,10H,8-9H2,1-3H3,(H,19,22)(H,20,21,23). The molecule has 0 unspecified atom stereocenters. The summed E-state index contributed by atoms with van der Waals surface area (Å²) >= 11 is 1.29. The van der Waals surface area contributed by atoms with Gasteiger partial charge in [0, 0.05) is 17.3 Å². The number of nitrogens with one attached hydrogen (secondary N) is 2. The lowest BCUT2D eigenvalue weighted by molar-refractivity contribution is -0.123. The highest BCUT2D eigenvalue weighted by atomic mass is 32.1. The third-order valence-corrected chi connectivity index (χ3v) is 4.00. The summed E-state index contributed by atoms with van der Waals surface area (Å²) in [4.78, 5) is 28.1. The van der Waals surface area contributed by atoms with E-state index in [4.69, 9.17) is 0 Å². The van der Waals surface area contributed by atoms with E-state index in [0.29, 0.717) is 17.4 Å². The Labute approximate surface area is 144 Å². The molecule has 2 aromatic rings. The summed E-state index contributed by atoms with van der Waals surface area (Å²) in [5.41, 5.74) is 0.917. The van der Waals surface area contributed by atoms with Crippen LogP contribution >= 0.6 is 11.3 Å². The lowest BCUT2D eigenvalue weighted by Gasteiger charge is -2.15. The topological polar surface area (TPSA) is 71.1 Å². The van der Waals surface area contributed by atoms with Crippen LogP contribution in [0.2, 0.25) is 0 Å². The van der Waals surface area contributed by atoms with Gasteiger partial charge in [-0.1, -0.05) is 32.9 Å². The zero-order valence-electron chi connectivity index (χ0n) is 13.9. The molecule has 128 valence electrons. The summed E-state index contributed by atoms with van der Waals surface area (Å²) in [5.74, 6) is -0.611. The maximum absolute atomic E-state index is 12.8. The normalized spacial score (nSPS) is 11.2. The maximum atomic E-state index is 12.8. The number of hydrogen-bond acceptors (Lipinski definition) is 4. The Bertz CT molecular complexity index is 720. The van der Waals surface area contributed by atoms with Crippen molar-refractivity contribution in [2.75, 3.05) is 5.32 Å². The summed E-state index contributed by atoms with van der Waals surface area (Å²) in [6, 6.07) is 5.95. The van der Waals surface area contributed by atoms with Crippen molar-refractivity contribution in [3.63, 3.8) is 0 Å². The number of halogens is 1. The van der Waals surface area contributed by atoms with Gasteiger partial charge in [0.25, 0.3) is 0 Å². The van der Waals surface area contributed by atoms with Crippen LogP contribution in [0.15, 0.2) is 29.6 Å². The predicted molar refractivity (Wildman–Crippen MR) is 92.1 cm³/mol. The molecule has 24 heavy (non-hydrogen) atoms. The van der Waals surface area contributed by atoms with Crippen molar-refractivity contribution < 1.29 is 14.0 Å².